The Bertz CT molecular complexity index is 545. The van der Waals surface area contributed by atoms with E-state index >= 15 is 0 Å². The summed E-state index contributed by atoms with van der Waals surface area (Å²) in [6, 6.07) is 5.64. The van der Waals surface area contributed by atoms with Crippen LogP contribution in [0.25, 0.3) is 0 Å². The Labute approximate surface area is 123 Å². The Morgan fingerprint density at radius 1 is 1.33 bits per heavy atom. The second kappa shape index (κ2) is 5.73. The number of aliphatic carboxylic acids is 1. The van der Waals surface area contributed by atoms with Crippen LogP contribution in [0.5, 0.6) is 0 Å². The molecule has 6 heteroatoms. The molecule has 1 aliphatic heterocycles. The van der Waals surface area contributed by atoms with Gasteiger partial charge in [-0.3, -0.25) is 0 Å². The fourth-order valence-corrected chi connectivity index (χ4v) is 2.43. The molecule has 0 atom stereocenters. The van der Waals surface area contributed by atoms with E-state index in [1.165, 1.54) is 0 Å². The molecule has 1 aromatic rings. The summed E-state index contributed by atoms with van der Waals surface area (Å²) in [7, 11) is 0. The topological polar surface area (TPSA) is 78.9 Å². The number of amides is 2. The van der Waals surface area contributed by atoms with Crippen molar-refractivity contribution in [3.63, 3.8) is 0 Å². The third-order valence-electron chi connectivity index (χ3n) is 3.60. The van der Waals surface area contributed by atoms with Crippen molar-refractivity contribution in [1.82, 2.24) is 4.90 Å². The average Bonchev–Trinajstić information content (AvgIpc) is 2.37. The molecule has 2 N–H and O–H groups in total. The number of hydrogen-bond donors (Lipinski definition) is 2. The van der Waals surface area contributed by atoms with Crippen molar-refractivity contribution < 1.29 is 19.4 Å². The molecule has 1 heterocycles. The number of urea groups is 1. The molecular formula is C15H20N2O4. The van der Waals surface area contributed by atoms with Gasteiger partial charge in [-0.2, -0.15) is 0 Å². The maximum atomic E-state index is 12.2. The van der Waals surface area contributed by atoms with Crippen LogP contribution in [0.3, 0.4) is 0 Å². The Morgan fingerprint density at radius 2 is 1.90 bits per heavy atom. The molecule has 0 radical (unpaired) electrons. The summed E-state index contributed by atoms with van der Waals surface area (Å²) in [6.45, 7) is 6.12. The van der Waals surface area contributed by atoms with Crippen molar-refractivity contribution in [3.8, 4) is 0 Å². The summed E-state index contributed by atoms with van der Waals surface area (Å²) in [5.41, 5.74) is 2.27. The summed E-state index contributed by atoms with van der Waals surface area (Å²) in [4.78, 5) is 24.3. The number of nitrogens with zero attached hydrogens (tertiary/aromatic N) is 1. The highest BCUT2D eigenvalue weighted by Crippen LogP contribution is 2.26. The lowest BCUT2D eigenvalue weighted by molar-refractivity contribution is -0.159. The molecule has 1 aromatic carbocycles. The van der Waals surface area contributed by atoms with E-state index in [4.69, 9.17) is 9.84 Å². The normalized spacial score (nSPS) is 16.2. The van der Waals surface area contributed by atoms with Crippen LogP contribution in [-0.2, 0) is 9.53 Å². The molecule has 21 heavy (non-hydrogen) atoms. The van der Waals surface area contributed by atoms with Crippen LogP contribution in [-0.4, -0.2) is 47.3 Å². The highest BCUT2D eigenvalue weighted by atomic mass is 16.5. The minimum atomic E-state index is -1.00. The second-order valence-corrected chi connectivity index (χ2v) is 5.69. The maximum Gasteiger partial charge on any atom is 0.329 e. The summed E-state index contributed by atoms with van der Waals surface area (Å²) in [6.07, 6.45) is 0. The molecule has 0 aliphatic carbocycles. The van der Waals surface area contributed by atoms with Gasteiger partial charge in [0, 0.05) is 5.69 Å². The largest absolute Gasteiger partial charge is 0.480 e. The Balaban J connectivity index is 1.91. The molecule has 1 saturated heterocycles. The number of ether oxygens (including phenoxy) is 1. The number of nitrogens with one attached hydrogen (secondary N) is 1. The monoisotopic (exact) mass is 292 g/mol. The number of carbonyl (C=O) groups excluding carboxylic acids is 1. The first kappa shape index (κ1) is 15.3. The first-order valence-electron chi connectivity index (χ1n) is 6.79. The first-order chi connectivity index (χ1) is 9.81. The van der Waals surface area contributed by atoms with Gasteiger partial charge in [0.25, 0.3) is 0 Å². The van der Waals surface area contributed by atoms with Gasteiger partial charge >= 0.3 is 12.0 Å². The fraction of sp³-hybridized carbons (Fsp3) is 0.467. The molecule has 2 amide bonds. The van der Waals surface area contributed by atoms with Crippen molar-refractivity contribution in [2.24, 2.45) is 0 Å². The lowest BCUT2D eigenvalue weighted by Gasteiger charge is -2.47. The molecule has 1 aliphatic rings. The van der Waals surface area contributed by atoms with Crippen LogP contribution in [0.15, 0.2) is 18.2 Å². The first-order valence-corrected chi connectivity index (χ1v) is 6.79. The minimum absolute atomic E-state index is 0.191. The van der Waals surface area contributed by atoms with Crippen LogP contribution in [0, 0.1) is 13.8 Å². The minimum Gasteiger partial charge on any atom is -0.480 e. The molecule has 0 unspecified atom stereocenters. The van der Waals surface area contributed by atoms with E-state index in [9.17, 15) is 9.59 Å². The quantitative estimate of drug-likeness (QED) is 0.889. The smallest absolute Gasteiger partial charge is 0.329 e. The van der Waals surface area contributed by atoms with E-state index in [-0.39, 0.29) is 12.6 Å². The second-order valence-electron chi connectivity index (χ2n) is 5.69. The predicted molar refractivity (Wildman–Crippen MR) is 78.5 cm³/mol. The summed E-state index contributed by atoms with van der Waals surface area (Å²) in [5.74, 6) is -1.00. The number of rotatable bonds is 4. The molecule has 0 bridgehead atoms. The van der Waals surface area contributed by atoms with Gasteiger partial charge in [0.1, 0.15) is 12.2 Å². The SMILES string of the molecule is Cc1cccc(C)c1NC(=O)N1CC(C)(OCC(=O)O)C1. The number of anilines is 1. The lowest BCUT2D eigenvalue weighted by atomic mass is 9.97. The van der Waals surface area contributed by atoms with Crippen molar-refractivity contribution in [2.45, 2.75) is 26.4 Å². The zero-order chi connectivity index (χ0) is 15.6. The van der Waals surface area contributed by atoms with Crippen LogP contribution in [0.4, 0.5) is 10.5 Å². The van der Waals surface area contributed by atoms with Gasteiger partial charge in [0.2, 0.25) is 0 Å². The van der Waals surface area contributed by atoms with Gasteiger partial charge in [-0.05, 0) is 31.9 Å². The van der Waals surface area contributed by atoms with E-state index in [0.717, 1.165) is 16.8 Å². The summed E-state index contributed by atoms with van der Waals surface area (Å²) in [5, 5.41) is 11.5. The Kier molecular flexibility index (Phi) is 4.18. The summed E-state index contributed by atoms with van der Waals surface area (Å²) >= 11 is 0. The number of hydrogen-bond acceptors (Lipinski definition) is 3. The zero-order valence-electron chi connectivity index (χ0n) is 12.5. The van der Waals surface area contributed by atoms with Crippen molar-refractivity contribution in [1.29, 1.82) is 0 Å². The molecule has 114 valence electrons. The molecule has 2 rings (SSSR count). The van der Waals surface area contributed by atoms with Crippen molar-refractivity contribution in [2.75, 3.05) is 25.0 Å². The highest BCUT2D eigenvalue weighted by molar-refractivity contribution is 5.91. The fourth-order valence-electron chi connectivity index (χ4n) is 2.43. The third kappa shape index (κ3) is 3.52. The van der Waals surface area contributed by atoms with E-state index in [0.29, 0.717) is 13.1 Å². The zero-order valence-corrected chi connectivity index (χ0v) is 12.5. The molecular weight excluding hydrogens is 272 g/mol. The molecule has 0 spiro atoms. The molecule has 1 fully saturated rings. The molecule has 0 aromatic heterocycles. The number of likely N-dealkylation sites (tertiary alicyclic amines) is 1. The van der Waals surface area contributed by atoms with Crippen LogP contribution >= 0.6 is 0 Å². The van der Waals surface area contributed by atoms with E-state index in [1.54, 1.807) is 11.8 Å². The number of para-hydroxylation sites is 1. The number of carbonyl (C=O) groups is 2. The van der Waals surface area contributed by atoms with Crippen molar-refractivity contribution in [3.05, 3.63) is 29.3 Å². The number of aryl methyl sites for hydroxylation is 2. The van der Waals surface area contributed by atoms with Gasteiger partial charge in [-0.15, -0.1) is 0 Å². The van der Waals surface area contributed by atoms with Crippen molar-refractivity contribution >= 4 is 17.7 Å². The maximum absolute atomic E-state index is 12.2. The van der Waals surface area contributed by atoms with E-state index in [2.05, 4.69) is 5.32 Å². The van der Waals surface area contributed by atoms with Gasteiger partial charge in [0.05, 0.1) is 13.1 Å². The number of benzene rings is 1. The molecule has 0 saturated carbocycles. The predicted octanol–water partition coefficient (Wildman–Crippen LogP) is 2.01. The number of carboxylic acids is 1. The van der Waals surface area contributed by atoms with E-state index in [1.807, 2.05) is 32.0 Å². The standard InChI is InChI=1S/C15H20N2O4/c1-10-5-4-6-11(2)13(10)16-14(20)17-8-15(3,9-17)21-7-12(18)19/h4-6H,7-9H2,1-3H3,(H,16,20)(H,18,19). The lowest BCUT2D eigenvalue weighted by Crippen LogP contribution is -2.64. The molecule has 6 nitrogen and oxygen atoms in total. The van der Waals surface area contributed by atoms with Gasteiger partial charge in [-0.25, -0.2) is 9.59 Å². The average molecular weight is 292 g/mol. The van der Waals surface area contributed by atoms with Gasteiger partial charge in [0.15, 0.2) is 0 Å². The number of carboxylic acid groups (broad SMARTS) is 1. The van der Waals surface area contributed by atoms with Crippen LogP contribution in [0.1, 0.15) is 18.1 Å². The van der Waals surface area contributed by atoms with Crippen LogP contribution in [0.2, 0.25) is 0 Å². The summed E-state index contributed by atoms with van der Waals surface area (Å²) < 4.78 is 5.28. The van der Waals surface area contributed by atoms with Gasteiger partial charge in [-0.1, -0.05) is 18.2 Å². The highest BCUT2D eigenvalue weighted by Gasteiger charge is 2.42. The van der Waals surface area contributed by atoms with Crippen LogP contribution < -0.4 is 5.32 Å². The van der Waals surface area contributed by atoms with E-state index < -0.39 is 11.6 Å². The third-order valence-corrected chi connectivity index (χ3v) is 3.60. The Hall–Kier alpha value is -2.08. The Morgan fingerprint density at radius 3 is 2.43 bits per heavy atom. The van der Waals surface area contributed by atoms with Gasteiger partial charge < -0.3 is 20.1 Å².